The number of rotatable bonds is 5. The number of nitriles is 1. The predicted molar refractivity (Wildman–Crippen MR) is 61.6 cm³/mol. The molecule has 0 aliphatic carbocycles. The minimum absolute atomic E-state index is 0.0474. The van der Waals surface area contributed by atoms with Gasteiger partial charge in [-0.3, -0.25) is 10.1 Å². The zero-order valence-corrected chi connectivity index (χ0v) is 9.70. The number of nitrogens with zero attached hydrogens (tertiary/aromatic N) is 2. The van der Waals surface area contributed by atoms with Crippen molar-refractivity contribution in [3.63, 3.8) is 0 Å². The number of para-hydroxylation sites is 1. The third kappa shape index (κ3) is 4.46. The summed E-state index contributed by atoms with van der Waals surface area (Å²) in [6.45, 7) is -0.0603. The lowest BCUT2D eigenvalue weighted by Gasteiger charge is -2.09. The minimum atomic E-state index is -4.25. The van der Waals surface area contributed by atoms with Gasteiger partial charge in [0.25, 0.3) is 0 Å². The Morgan fingerprint density at radius 2 is 2.11 bits per heavy atom. The molecule has 1 rings (SSSR count). The van der Waals surface area contributed by atoms with Gasteiger partial charge in [0.1, 0.15) is 17.3 Å². The Morgan fingerprint density at radius 1 is 1.42 bits per heavy atom. The van der Waals surface area contributed by atoms with Crippen molar-refractivity contribution in [2.45, 2.75) is 19.0 Å². The molecule has 0 saturated heterocycles. The summed E-state index contributed by atoms with van der Waals surface area (Å²) in [6, 6.07) is 5.73. The highest BCUT2D eigenvalue weighted by Gasteiger charge is 2.26. The van der Waals surface area contributed by atoms with E-state index in [1.54, 1.807) is 6.07 Å². The Bertz CT molecular complexity index is 509. The summed E-state index contributed by atoms with van der Waals surface area (Å²) in [5, 5.41) is 22.1. The van der Waals surface area contributed by atoms with Gasteiger partial charge in [0, 0.05) is 13.0 Å². The maximum Gasteiger partial charge on any atom is 0.389 e. The second-order valence-electron chi connectivity index (χ2n) is 3.72. The summed E-state index contributed by atoms with van der Waals surface area (Å²) in [7, 11) is 0. The molecule has 0 atom stereocenters. The first-order valence-corrected chi connectivity index (χ1v) is 5.33. The maximum absolute atomic E-state index is 11.9. The zero-order chi connectivity index (χ0) is 14.5. The van der Waals surface area contributed by atoms with E-state index < -0.39 is 23.2 Å². The van der Waals surface area contributed by atoms with E-state index in [2.05, 4.69) is 5.32 Å². The van der Waals surface area contributed by atoms with E-state index >= 15 is 0 Å². The van der Waals surface area contributed by atoms with Gasteiger partial charge >= 0.3 is 11.9 Å². The van der Waals surface area contributed by atoms with E-state index in [9.17, 15) is 23.3 Å². The van der Waals surface area contributed by atoms with E-state index in [1.165, 1.54) is 18.2 Å². The van der Waals surface area contributed by atoms with Crippen molar-refractivity contribution in [1.82, 2.24) is 0 Å². The van der Waals surface area contributed by atoms with E-state index in [0.717, 1.165) is 0 Å². The highest BCUT2D eigenvalue weighted by atomic mass is 19.4. The molecule has 0 aliphatic rings. The van der Waals surface area contributed by atoms with Crippen LogP contribution in [0.1, 0.15) is 18.4 Å². The molecule has 8 heteroatoms. The van der Waals surface area contributed by atoms with E-state index in [4.69, 9.17) is 5.26 Å². The SMILES string of the molecule is N#Cc1cccc(NCCCC(F)(F)F)c1[N+](=O)[O-]. The lowest BCUT2D eigenvalue weighted by Crippen LogP contribution is -2.11. The molecule has 0 heterocycles. The molecule has 5 nitrogen and oxygen atoms in total. The van der Waals surface area contributed by atoms with E-state index in [1.807, 2.05) is 0 Å². The van der Waals surface area contributed by atoms with Crippen LogP contribution < -0.4 is 5.32 Å². The minimum Gasteiger partial charge on any atom is -0.379 e. The first-order valence-electron chi connectivity index (χ1n) is 5.33. The Balaban J connectivity index is 2.74. The Hall–Kier alpha value is -2.30. The number of hydrogen-bond acceptors (Lipinski definition) is 4. The van der Waals surface area contributed by atoms with Gasteiger partial charge in [-0.1, -0.05) is 6.07 Å². The van der Waals surface area contributed by atoms with Crippen LogP contribution >= 0.6 is 0 Å². The average Bonchev–Trinajstić information content (AvgIpc) is 2.32. The number of hydrogen-bond donors (Lipinski definition) is 1. The van der Waals surface area contributed by atoms with Crippen LogP contribution in [0.25, 0.3) is 0 Å². The van der Waals surface area contributed by atoms with Gasteiger partial charge in [-0.15, -0.1) is 0 Å². The van der Waals surface area contributed by atoms with Gasteiger partial charge in [-0.2, -0.15) is 18.4 Å². The molecule has 1 N–H and O–H groups in total. The quantitative estimate of drug-likeness (QED) is 0.507. The largest absolute Gasteiger partial charge is 0.389 e. The summed E-state index contributed by atoms with van der Waals surface area (Å²) in [5.74, 6) is 0. The zero-order valence-electron chi connectivity index (χ0n) is 9.70. The highest BCUT2D eigenvalue weighted by molar-refractivity contribution is 5.68. The number of alkyl halides is 3. The lowest BCUT2D eigenvalue weighted by atomic mass is 10.1. The first-order chi connectivity index (χ1) is 8.85. The van der Waals surface area contributed by atoms with Crippen molar-refractivity contribution < 1.29 is 18.1 Å². The molecule has 0 aliphatic heterocycles. The molecule has 0 unspecified atom stereocenters. The van der Waals surface area contributed by atoms with Gasteiger partial charge in [0.15, 0.2) is 0 Å². The van der Waals surface area contributed by atoms with Crippen molar-refractivity contribution in [3.05, 3.63) is 33.9 Å². The van der Waals surface area contributed by atoms with Crippen LogP contribution in [0.15, 0.2) is 18.2 Å². The predicted octanol–water partition coefficient (Wildman–Crippen LogP) is 3.22. The number of anilines is 1. The number of nitro benzene ring substituents is 1. The van der Waals surface area contributed by atoms with Gasteiger partial charge in [-0.25, -0.2) is 0 Å². The topological polar surface area (TPSA) is 79.0 Å². The van der Waals surface area contributed by atoms with Crippen molar-refractivity contribution in [3.8, 4) is 6.07 Å². The molecule has 0 saturated carbocycles. The fourth-order valence-corrected chi connectivity index (χ4v) is 1.48. The van der Waals surface area contributed by atoms with Gasteiger partial charge in [0.2, 0.25) is 0 Å². The monoisotopic (exact) mass is 273 g/mol. The molecular weight excluding hydrogens is 263 g/mol. The summed E-state index contributed by atoms with van der Waals surface area (Å²) in [4.78, 5) is 10.1. The smallest absolute Gasteiger partial charge is 0.379 e. The molecule has 0 radical (unpaired) electrons. The normalized spacial score (nSPS) is 10.8. The number of nitro groups is 1. The first kappa shape index (κ1) is 14.8. The molecule has 19 heavy (non-hydrogen) atoms. The van der Waals surface area contributed by atoms with Crippen LogP contribution in [0.2, 0.25) is 0 Å². The second kappa shape index (κ2) is 6.04. The Morgan fingerprint density at radius 3 is 2.63 bits per heavy atom. The van der Waals surface area contributed by atoms with Gasteiger partial charge in [-0.05, 0) is 18.6 Å². The maximum atomic E-state index is 11.9. The fourth-order valence-electron chi connectivity index (χ4n) is 1.48. The van der Waals surface area contributed by atoms with Gasteiger partial charge < -0.3 is 5.32 Å². The van der Waals surface area contributed by atoms with E-state index in [0.29, 0.717) is 0 Å². The third-order valence-corrected chi connectivity index (χ3v) is 2.29. The molecular formula is C11H10F3N3O2. The Kier molecular flexibility index (Phi) is 4.69. The summed E-state index contributed by atoms with van der Waals surface area (Å²) >= 11 is 0. The van der Waals surface area contributed by atoms with Crippen LogP contribution in [0, 0.1) is 21.4 Å². The molecule has 0 amide bonds. The number of nitrogens with one attached hydrogen (secondary N) is 1. The molecule has 102 valence electrons. The molecule has 1 aromatic carbocycles. The van der Waals surface area contributed by atoms with Gasteiger partial charge in [0.05, 0.1) is 4.92 Å². The average molecular weight is 273 g/mol. The molecule has 0 aromatic heterocycles. The molecule has 1 aromatic rings. The summed E-state index contributed by atoms with van der Waals surface area (Å²) in [6.07, 6.45) is -5.41. The third-order valence-electron chi connectivity index (χ3n) is 2.29. The number of halogens is 3. The van der Waals surface area contributed by atoms with Crippen LogP contribution in [-0.4, -0.2) is 17.6 Å². The summed E-state index contributed by atoms with van der Waals surface area (Å²) < 4.78 is 35.8. The van der Waals surface area contributed by atoms with Crippen molar-refractivity contribution >= 4 is 11.4 Å². The lowest BCUT2D eigenvalue weighted by molar-refractivity contribution is -0.384. The second-order valence-corrected chi connectivity index (χ2v) is 3.72. The molecule has 0 fully saturated rings. The highest BCUT2D eigenvalue weighted by Crippen LogP contribution is 2.28. The molecule has 0 spiro atoms. The molecule has 0 bridgehead atoms. The van der Waals surface area contributed by atoms with Crippen LogP contribution in [0.4, 0.5) is 24.5 Å². The van der Waals surface area contributed by atoms with E-state index in [-0.39, 0.29) is 24.2 Å². The van der Waals surface area contributed by atoms with Crippen LogP contribution in [-0.2, 0) is 0 Å². The van der Waals surface area contributed by atoms with Crippen molar-refractivity contribution in [2.24, 2.45) is 0 Å². The fraction of sp³-hybridized carbons (Fsp3) is 0.364. The van der Waals surface area contributed by atoms with Crippen molar-refractivity contribution in [1.29, 1.82) is 5.26 Å². The Labute approximate surface area is 106 Å². The number of benzene rings is 1. The van der Waals surface area contributed by atoms with Crippen LogP contribution in [0.3, 0.4) is 0 Å². The summed E-state index contributed by atoms with van der Waals surface area (Å²) in [5.41, 5.74) is -0.506. The standard InChI is InChI=1S/C11H10F3N3O2/c12-11(13,14)5-2-6-16-9-4-1-3-8(7-15)10(9)17(18)19/h1,3-4,16H,2,5-6H2. The van der Waals surface area contributed by atoms with Crippen molar-refractivity contribution in [2.75, 3.05) is 11.9 Å². The van der Waals surface area contributed by atoms with Crippen LogP contribution in [0.5, 0.6) is 0 Å².